The van der Waals surface area contributed by atoms with Crippen molar-refractivity contribution in [2.24, 2.45) is 5.92 Å². The molecule has 2 fully saturated rings. The van der Waals surface area contributed by atoms with Crippen molar-refractivity contribution in [3.63, 3.8) is 0 Å². The Bertz CT molecular complexity index is 1090. The third-order valence-corrected chi connectivity index (χ3v) is 7.45. The number of fused-ring (bicyclic) bond motifs is 1. The van der Waals surface area contributed by atoms with Crippen LogP contribution < -0.4 is 0 Å². The number of nitrogens with zero attached hydrogens (tertiary/aromatic N) is 4. The minimum absolute atomic E-state index is 0.110. The maximum Gasteiger partial charge on any atom is 0.289 e. The molecule has 1 aromatic carbocycles. The van der Waals surface area contributed by atoms with Crippen molar-refractivity contribution in [1.29, 1.82) is 5.26 Å². The van der Waals surface area contributed by atoms with Crippen molar-refractivity contribution >= 4 is 11.8 Å². The van der Waals surface area contributed by atoms with Crippen LogP contribution >= 0.6 is 0 Å². The number of carbonyl (C=O) groups is 2. The standard InChI is InChI=1S/C27H30N4O3/c28-19-22-25(29-14-16-30(17-15-29)27(33)24-11-6-18-34-24)21-9-4-5-10-23(21)31(26(22)32)13-12-20-7-2-1-3-8-20/h1-3,6-8,11,18,21,23H,4-5,9-10,12-17H2. The molecule has 1 aliphatic carbocycles. The van der Waals surface area contributed by atoms with Gasteiger partial charge in [-0.15, -0.1) is 0 Å². The fourth-order valence-corrected chi connectivity index (χ4v) is 5.76. The van der Waals surface area contributed by atoms with Gasteiger partial charge in [0.25, 0.3) is 11.8 Å². The van der Waals surface area contributed by atoms with Gasteiger partial charge in [-0.1, -0.05) is 43.2 Å². The van der Waals surface area contributed by atoms with Gasteiger partial charge in [0.2, 0.25) is 0 Å². The highest BCUT2D eigenvalue weighted by atomic mass is 16.3. The third kappa shape index (κ3) is 4.21. The van der Waals surface area contributed by atoms with Crippen molar-refractivity contribution in [1.82, 2.24) is 14.7 Å². The van der Waals surface area contributed by atoms with Gasteiger partial charge in [-0.25, -0.2) is 0 Å². The summed E-state index contributed by atoms with van der Waals surface area (Å²) in [7, 11) is 0. The molecule has 2 atom stereocenters. The van der Waals surface area contributed by atoms with Crippen LogP contribution in [0.5, 0.6) is 0 Å². The monoisotopic (exact) mass is 458 g/mol. The van der Waals surface area contributed by atoms with E-state index in [-0.39, 0.29) is 23.8 Å². The van der Waals surface area contributed by atoms with E-state index in [4.69, 9.17) is 4.42 Å². The Kier molecular flexibility index (Phi) is 6.39. The highest BCUT2D eigenvalue weighted by Gasteiger charge is 2.44. The molecule has 0 spiro atoms. The molecule has 7 nitrogen and oxygen atoms in total. The number of hydrogen-bond acceptors (Lipinski definition) is 5. The van der Waals surface area contributed by atoms with Gasteiger partial charge in [-0.3, -0.25) is 9.59 Å². The summed E-state index contributed by atoms with van der Waals surface area (Å²) < 4.78 is 5.27. The highest BCUT2D eigenvalue weighted by molar-refractivity contribution is 5.99. The molecule has 0 bridgehead atoms. The summed E-state index contributed by atoms with van der Waals surface area (Å²) in [5.74, 6) is 0.288. The van der Waals surface area contributed by atoms with E-state index in [0.717, 1.165) is 37.8 Å². The molecule has 176 valence electrons. The molecular formula is C27H30N4O3. The molecule has 3 heterocycles. The van der Waals surface area contributed by atoms with Crippen molar-refractivity contribution < 1.29 is 14.0 Å². The molecule has 2 amide bonds. The zero-order valence-electron chi connectivity index (χ0n) is 19.4. The average molecular weight is 459 g/mol. The molecule has 3 aliphatic rings. The van der Waals surface area contributed by atoms with Gasteiger partial charge in [-0.05, 0) is 37.0 Å². The summed E-state index contributed by atoms with van der Waals surface area (Å²) >= 11 is 0. The van der Waals surface area contributed by atoms with Crippen LogP contribution in [0.2, 0.25) is 0 Å². The number of furan rings is 1. The van der Waals surface area contributed by atoms with E-state index in [1.54, 1.807) is 17.0 Å². The summed E-state index contributed by atoms with van der Waals surface area (Å²) in [6, 6.07) is 16.0. The fraction of sp³-hybridized carbons (Fsp3) is 0.444. The number of rotatable bonds is 5. The van der Waals surface area contributed by atoms with E-state index in [1.807, 2.05) is 23.1 Å². The third-order valence-electron chi connectivity index (χ3n) is 7.45. The maximum absolute atomic E-state index is 13.6. The summed E-state index contributed by atoms with van der Waals surface area (Å²) in [6.07, 6.45) is 6.49. The first-order valence-electron chi connectivity index (χ1n) is 12.2. The topological polar surface area (TPSA) is 80.8 Å². The Morgan fingerprint density at radius 2 is 1.79 bits per heavy atom. The van der Waals surface area contributed by atoms with Gasteiger partial charge in [0, 0.05) is 50.4 Å². The number of carbonyl (C=O) groups excluding carboxylic acids is 2. The Balaban J connectivity index is 1.35. The summed E-state index contributed by atoms with van der Waals surface area (Å²) in [6.45, 7) is 2.96. The highest BCUT2D eigenvalue weighted by Crippen LogP contribution is 2.41. The van der Waals surface area contributed by atoms with Crippen LogP contribution in [-0.4, -0.2) is 65.3 Å². The van der Waals surface area contributed by atoms with E-state index in [1.165, 1.54) is 11.8 Å². The van der Waals surface area contributed by atoms with Crippen LogP contribution in [0.4, 0.5) is 0 Å². The summed E-state index contributed by atoms with van der Waals surface area (Å²) in [5, 5.41) is 10.1. The molecule has 0 N–H and O–H groups in total. The van der Waals surface area contributed by atoms with E-state index in [0.29, 0.717) is 44.1 Å². The molecule has 2 unspecified atom stereocenters. The van der Waals surface area contributed by atoms with Crippen LogP contribution in [0.15, 0.2) is 64.4 Å². The zero-order valence-corrected chi connectivity index (χ0v) is 19.4. The second-order valence-electron chi connectivity index (χ2n) is 9.32. The maximum atomic E-state index is 13.6. The Hall–Kier alpha value is -3.53. The first-order chi connectivity index (χ1) is 16.7. The van der Waals surface area contributed by atoms with Crippen LogP contribution in [0.1, 0.15) is 41.8 Å². The van der Waals surface area contributed by atoms with E-state index >= 15 is 0 Å². The van der Waals surface area contributed by atoms with Crippen LogP contribution in [0.3, 0.4) is 0 Å². The Morgan fingerprint density at radius 1 is 1.03 bits per heavy atom. The van der Waals surface area contributed by atoms with Crippen molar-refractivity contribution in [2.45, 2.75) is 38.1 Å². The molecule has 1 saturated carbocycles. The van der Waals surface area contributed by atoms with E-state index in [9.17, 15) is 14.9 Å². The quantitative estimate of drug-likeness (QED) is 0.686. The minimum atomic E-state index is -0.134. The normalized spacial score (nSPS) is 23.0. The fourth-order valence-electron chi connectivity index (χ4n) is 5.76. The van der Waals surface area contributed by atoms with Gasteiger partial charge in [-0.2, -0.15) is 5.26 Å². The lowest BCUT2D eigenvalue weighted by Crippen LogP contribution is -2.56. The number of piperazine rings is 1. The smallest absolute Gasteiger partial charge is 0.289 e. The SMILES string of the molecule is N#CC1=C(N2CCN(C(=O)c3ccco3)CC2)C2CCCCC2N(CCc2ccccc2)C1=O. The van der Waals surface area contributed by atoms with Gasteiger partial charge < -0.3 is 19.1 Å². The number of nitriles is 1. The Labute approximate surface area is 200 Å². The first-order valence-corrected chi connectivity index (χ1v) is 12.2. The number of hydrogen-bond donors (Lipinski definition) is 0. The van der Waals surface area contributed by atoms with Crippen LogP contribution in [-0.2, 0) is 11.2 Å². The van der Waals surface area contributed by atoms with E-state index in [2.05, 4.69) is 23.1 Å². The largest absolute Gasteiger partial charge is 0.459 e. The molecule has 34 heavy (non-hydrogen) atoms. The average Bonchev–Trinajstić information content (AvgIpc) is 3.43. The lowest BCUT2D eigenvalue weighted by Gasteiger charge is -2.49. The van der Waals surface area contributed by atoms with E-state index < -0.39 is 0 Å². The lowest BCUT2D eigenvalue weighted by atomic mass is 9.76. The van der Waals surface area contributed by atoms with Gasteiger partial charge in [0.05, 0.1) is 6.26 Å². The second kappa shape index (κ2) is 9.76. The van der Waals surface area contributed by atoms with Crippen LogP contribution in [0, 0.1) is 17.2 Å². The van der Waals surface area contributed by atoms with Crippen LogP contribution in [0.25, 0.3) is 0 Å². The Morgan fingerprint density at radius 3 is 2.50 bits per heavy atom. The molecule has 7 heteroatoms. The predicted octanol–water partition coefficient (Wildman–Crippen LogP) is 3.46. The van der Waals surface area contributed by atoms with Crippen molar-refractivity contribution in [2.75, 3.05) is 32.7 Å². The minimum Gasteiger partial charge on any atom is -0.459 e. The molecule has 1 aromatic heterocycles. The molecule has 2 aliphatic heterocycles. The predicted molar refractivity (Wildman–Crippen MR) is 126 cm³/mol. The molecule has 2 aromatic rings. The number of amides is 2. The molecule has 0 radical (unpaired) electrons. The summed E-state index contributed by atoms with van der Waals surface area (Å²) in [4.78, 5) is 32.2. The van der Waals surface area contributed by atoms with Gasteiger partial charge >= 0.3 is 0 Å². The summed E-state index contributed by atoms with van der Waals surface area (Å²) in [5.41, 5.74) is 2.41. The molecule has 1 saturated heterocycles. The number of benzene rings is 1. The van der Waals surface area contributed by atoms with Crippen molar-refractivity contribution in [3.8, 4) is 6.07 Å². The molecule has 5 rings (SSSR count). The zero-order chi connectivity index (χ0) is 23.5. The first kappa shape index (κ1) is 22.3. The molecular weight excluding hydrogens is 428 g/mol. The van der Waals surface area contributed by atoms with Crippen molar-refractivity contribution in [3.05, 3.63) is 71.3 Å². The lowest BCUT2D eigenvalue weighted by molar-refractivity contribution is -0.132. The van der Waals surface area contributed by atoms with Gasteiger partial charge in [0.1, 0.15) is 11.6 Å². The van der Waals surface area contributed by atoms with Gasteiger partial charge in [0.15, 0.2) is 5.76 Å². The second-order valence-corrected chi connectivity index (χ2v) is 9.32.